The van der Waals surface area contributed by atoms with Crippen molar-refractivity contribution in [3.63, 3.8) is 0 Å². The first-order chi connectivity index (χ1) is 9.16. The second-order valence-corrected chi connectivity index (χ2v) is 6.87. The van der Waals surface area contributed by atoms with E-state index in [0.717, 1.165) is 0 Å². The maximum atomic E-state index is 11.7. The van der Waals surface area contributed by atoms with E-state index in [1.165, 1.54) is 13.0 Å². The molecule has 0 unspecified atom stereocenters. The second-order valence-electron chi connectivity index (χ2n) is 4.51. The molecule has 0 fully saturated rings. The smallest absolute Gasteiger partial charge is 0.336 e. The van der Waals surface area contributed by atoms with Gasteiger partial charge in [-0.1, -0.05) is 13.0 Å². The lowest BCUT2D eigenvalue weighted by atomic mass is 10.0. The van der Waals surface area contributed by atoms with Gasteiger partial charge in [-0.3, -0.25) is 4.79 Å². The Labute approximate surface area is 117 Å². The minimum absolute atomic E-state index is 0.0734. The summed E-state index contributed by atoms with van der Waals surface area (Å²) < 4.78 is 22.7. The van der Waals surface area contributed by atoms with Crippen molar-refractivity contribution >= 4 is 27.4 Å². The maximum Gasteiger partial charge on any atom is 0.336 e. The normalized spacial score (nSPS) is 11.2. The van der Waals surface area contributed by atoms with Gasteiger partial charge in [0, 0.05) is 11.4 Å². The molecule has 0 aliphatic heterocycles. The molecule has 0 saturated heterocycles. The van der Waals surface area contributed by atoms with Crippen LogP contribution in [-0.2, 0) is 14.6 Å². The standard InChI is InChI=1S/C13H17NO5S/c1-4-20(18,19)7-12(15)14-11-6-10(13(16)17)8(2)5-9(11)3/h5-6H,4,7H2,1-3H3,(H,14,15)(H,16,17). The molecule has 0 spiro atoms. The van der Waals surface area contributed by atoms with Crippen LogP contribution in [-0.4, -0.2) is 36.9 Å². The number of aromatic carboxylic acids is 1. The summed E-state index contributed by atoms with van der Waals surface area (Å²) in [5, 5.41) is 11.5. The van der Waals surface area contributed by atoms with Crippen LogP contribution in [0.15, 0.2) is 12.1 Å². The highest BCUT2D eigenvalue weighted by atomic mass is 32.2. The third-order valence-electron chi connectivity index (χ3n) is 2.87. The van der Waals surface area contributed by atoms with Crippen LogP contribution >= 0.6 is 0 Å². The van der Waals surface area contributed by atoms with Gasteiger partial charge < -0.3 is 10.4 Å². The number of carbonyl (C=O) groups excluding carboxylic acids is 1. The fourth-order valence-electron chi connectivity index (χ4n) is 1.71. The zero-order chi connectivity index (χ0) is 15.5. The van der Waals surface area contributed by atoms with Gasteiger partial charge in [-0.2, -0.15) is 0 Å². The molecule has 1 rings (SSSR count). The molecule has 6 nitrogen and oxygen atoms in total. The number of hydrogen-bond donors (Lipinski definition) is 2. The Morgan fingerprint density at radius 2 is 1.80 bits per heavy atom. The fraction of sp³-hybridized carbons (Fsp3) is 0.385. The molecule has 0 atom stereocenters. The van der Waals surface area contributed by atoms with Gasteiger partial charge in [0.25, 0.3) is 0 Å². The first kappa shape index (κ1) is 16.2. The molecule has 0 radical (unpaired) electrons. The van der Waals surface area contributed by atoms with Gasteiger partial charge in [-0.05, 0) is 31.0 Å². The van der Waals surface area contributed by atoms with Crippen molar-refractivity contribution < 1.29 is 23.1 Å². The van der Waals surface area contributed by atoms with Gasteiger partial charge in [-0.25, -0.2) is 13.2 Å². The number of hydrogen-bond acceptors (Lipinski definition) is 4. The molecule has 7 heteroatoms. The highest BCUT2D eigenvalue weighted by Crippen LogP contribution is 2.20. The summed E-state index contributed by atoms with van der Waals surface area (Å²) in [5.74, 6) is -2.50. The van der Waals surface area contributed by atoms with Crippen LogP contribution in [0.1, 0.15) is 28.4 Å². The van der Waals surface area contributed by atoms with Crippen molar-refractivity contribution in [3.05, 3.63) is 28.8 Å². The second kappa shape index (κ2) is 6.04. The lowest BCUT2D eigenvalue weighted by Crippen LogP contribution is -2.24. The van der Waals surface area contributed by atoms with E-state index in [1.54, 1.807) is 19.9 Å². The Kier molecular flexibility index (Phi) is 4.88. The third-order valence-corrected chi connectivity index (χ3v) is 4.45. The monoisotopic (exact) mass is 299 g/mol. The number of nitrogens with one attached hydrogen (secondary N) is 1. The number of carboxylic acids is 1. The Morgan fingerprint density at radius 1 is 1.20 bits per heavy atom. The van der Waals surface area contributed by atoms with Crippen LogP contribution in [0.3, 0.4) is 0 Å². The summed E-state index contributed by atoms with van der Waals surface area (Å²) in [6.07, 6.45) is 0. The summed E-state index contributed by atoms with van der Waals surface area (Å²) in [6, 6.07) is 2.97. The van der Waals surface area contributed by atoms with Crippen LogP contribution in [0.4, 0.5) is 5.69 Å². The topological polar surface area (TPSA) is 101 Å². The molecule has 0 aromatic heterocycles. The molecular formula is C13H17NO5S. The number of carboxylic acid groups (broad SMARTS) is 1. The number of sulfone groups is 1. The first-order valence-corrected chi connectivity index (χ1v) is 7.83. The van der Waals surface area contributed by atoms with E-state index in [1.807, 2.05) is 0 Å². The fourth-order valence-corrected chi connectivity index (χ4v) is 2.38. The van der Waals surface area contributed by atoms with E-state index in [4.69, 9.17) is 5.11 Å². The van der Waals surface area contributed by atoms with E-state index in [0.29, 0.717) is 16.8 Å². The number of amides is 1. The molecule has 2 N–H and O–H groups in total. The molecule has 1 amide bonds. The van der Waals surface area contributed by atoms with Gasteiger partial charge >= 0.3 is 5.97 Å². The Morgan fingerprint density at radius 3 is 2.30 bits per heavy atom. The molecule has 0 aliphatic carbocycles. The number of benzene rings is 1. The molecule has 1 aromatic rings. The lowest BCUT2D eigenvalue weighted by Gasteiger charge is -2.11. The van der Waals surface area contributed by atoms with Gasteiger partial charge in [-0.15, -0.1) is 0 Å². The quantitative estimate of drug-likeness (QED) is 0.855. The number of carbonyl (C=O) groups is 2. The third kappa shape index (κ3) is 4.06. The van der Waals surface area contributed by atoms with E-state index in [2.05, 4.69) is 5.32 Å². The SMILES string of the molecule is CCS(=O)(=O)CC(=O)Nc1cc(C(=O)O)c(C)cc1C. The van der Waals surface area contributed by atoms with Crippen molar-refractivity contribution in [2.45, 2.75) is 20.8 Å². The number of aryl methyl sites for hydroxylation is 2. The minimum Gasteiger partial charge on any atom is -0.478 e. The van der Waals surface area contributed by atoms with E-state index < -0.39 is 27.5 Å². The zero-order valence-corrected chi connectivity index (χ0v) is 12.4. The van der Waals surface area contributed by atoms with E-state index in [9.17, 15) is 18.0 Å². The van der Waals surface area contributed by atoms with Gasteiger partial charge in [0.2, 0.25) is 5.91 Å². The van der Waals surface area contributed by atoms with Gasteiger partial charge in [0.05, 0.1) is 5.56 Å². The first-order valence-electron chi connectivity index (χ1n) is 6.01. The highest BCUT2D eigenvalue weighted by molar-refractivity contribution is 7.92. The Bertz CT molecular complexity index is 649. The summed E-state index contributed by atoms with van der Waals surface area (Å²) in [4.78, 5) is 22.7. The molecule has 0 saturated carbocycles. The van der Waals surface area contributed by atoms with Gasteiger partial charge in [0.1, 0.15) is 5.75 Å². The molecule has 110 valence electrons. The summed E-state index contributed by atoms with van der Waals surface area (Å²) in [5.41, 5.74) is 1.64. The van der Waals surface area contributed by atoms with E-state index in [-0.39, 0.29) is 11.3 Å². The number of anilines is 1. The highest BCUT2D eigenvalue weighted by Gasteiger charge is 2.16. The summed E-state index contributed by atoms with van der Waals surface area (Å²) >= 11 is 0. The van der Waals surface area contributed by atoms with Crippen LogP contribution < -0.4 is 5.32 Å². The average molecular weight is 299 g/mol. The molecule has 0 heterocycles. The summed E-state index contributed by atoms with van der Waals surface area (Å²) in [7, 11) is -3.41. The van der Waals surface area contributed by atoms with E-state index >= 15 is 0 Å². The predicted molar refractivity (Wildman–Crippen MR) is 75.8 cm³/mol. The lowest BCUT2D eigenvalue weighted by molar-refractivity contribution is -0.113. The van der Waals surface area contributed by atoms with Crippen molar-refractivity contribution in [1.82, 2.24) is 0 Å². The van der Waals surface area contributed by atoms with Crippen molar-refractivity contribution in [3.8, 4) is 0 Å². The zero-order valence-electron chi connectivity index (χ0n) is 11.6. The molecule has 1 aromatic carbocycles. The van der Waals surface area contributed by atoms with Crippen LogP contribution in [0.5, 0.6) is 0 Å². The largest absolute Gasteiger partial charge is 0.478 e. The van der Waals surface area contributed by atoms with Crippen LogP contribution in [0.2, 0.25) is 0 Å². The van der Waals surface area contributed by atoms with Gasteiger partial charge in [0.15, 0.2) is 9.84 Å². The Balaban J connectivity index is 3.01. The van der Waals surface area contributed by atoms with Crippen LogP contribution in [0, 0.1) is 13.8 Å². The van der Waals surface area contributed by atoms with Crippen molar-refractivity contribution in [2.24, 2.45) is 0 Å². The minimum atomic E-state index is -3.41. The molecule has 0 bridgehead atoms. The maximum absolute atomic E-state index is 11.7. The van der Waals surface area contributed by atoms with Crippen molar-refractivity contribution in [2.75, 3.05) is 16.8 Å². The average Bonchev–Trinajstić information content (AvgIpc) is 2.31. The van der Waals surface area contributed by atoms with Crippen molar-refractivity contribution in [1.29, 1.82) is 0 Å². The molecular weight excluding hydrogens is 282 g/mol. The number of rotatable bonds is 5. The molecule has 0 aliphatic rings. The molecule has 20 heavy (non-hydrogen) atoms. The van der Waals surface area contributed by atoms with Crippen LogP contribution in [0.25, 0.3) is 0 Å². The predicted octanol–water partition coefficient (Wildman–Crippen LogP) is 1.37. The summed E-state index contributed by atoms with van der Waals surface area (Å²) in [6.45, 7) is 4.83. The Hall–Kier alpha value is -1.89.